The Balaban J connectivity index is 2.66. The molecule has 1 aromatic carbocycles. The van der Waals surface area contributed by atoms with Gasteiger partial charge in [0.05, 0.1) is 5.92 Å². The molecule has 1 unspecified atom stereocenters. The van der Waals surface area contributed by atoms with E-state index in [1.807, 2.05) is 18.2 Å². The quantitative estimate of drug-likeness (QED) is 0.787. The summed E-state index contributed by atoms with van der Waals surface area (Å²) in [5.41, 5.74) is 1.05. The van der Waals surface area contributed by atoms with Gasteiger partial charge >= 0.3 is 0 Å². The highest BCUT2D eigenvalue weighted by atomic mass is 16.2. The first-order chi connectivity index (χ1) is 7.52. The molecule has 0 aliphatic carbocycles. The summed E-state index contributed by atoms with van der Waals surface area (Å²) in [4.78, 5) is 22.8. The number of hydrogen-bond acceptors (Lipinski definition) is 2. The van der Waals surface area contributed by atoms with E-state index in [-0.39, 0.29) is 11.7 Å². The van der Waals surface area contributed by atoms with Crippen LogP contribution in [0.25, 0.3) is 0 Å². The van der Waals surface area contributed by atoms with Crippen molar-refractivity contribution in [1.29, 1.82) is 0 Å². The van der Waals surface area contributed by atoms with Gasteiger partial charge in [-0.05, 0) is 31.6 Å². The number of carbonyl (C=O) groups excluding carboxylic acids is 2. The average Bonchev–Trinajstić information content (AvgIpc) is 2.28. The fourth-order valence-electron chi connectivity index (χ4n) is 1.24. The number of carbonyl (C=O) groups is 2. The van der Waals surface area contributed by atoms with Crippen LogP contribution in [0.2, 0.25) is 0 Å². The molecule has 0 aliphatic heterocycles. The standard InChI is InChI=1S/C13H15NO2/c1-9(11(3)15)10(2)13(16)14-12-7-5-4-6-8-12/h4-8,10H,1H2,2-3H3,(H,14,16). The zero-order chi connectivity index (χ0) is 12.1. The van der Waals surface area contributed by atoms with Crippen molar-refractivity contribution in [2.45, 2.75) is 13.8 Å². The fraction of sp³-hybridized carbons (Fsp3) is 0.231. The molecule has 0 radical (unpaired) electrons. The molecule has 3 heteroatoms. The van der Waals surface area contributed by atoms with Crippen LogP contribution < -0.4 is 5.32 Å². The van der Waals surface area contributed by atoms with Crippen LogP contribution in [0.3, 0.4) is 0 Å². The maximum absolute atomic E-state index is 11.7. The molecule has 0 aliphatic rings. The molecule has 1 N–H and O–H groups in total. The number of Topliss-reactive ketones (excluding diaryl/α,β-unsaturated/α-hetero) is 1. The highest BCUT2D eigenvalue weighted by Crippen LogP contribution is 2.13. The molecule has 0 saturated heterocycles. The zero-order valence-electron chi connectivity index (χ0n) is 9.49. The smallest absolute Gasteiger partial charge is 0.231 e. The summed E-state index contributed by atoms with van der Waals surface area (Å²) in [5.74, 6) is -0.875. The lowest BCUT2D eigenvalue weighted by molar-refractivity contribution is -0.121. The molecule has 84 valence electrons. The van der Waals surface area contributed by atoms with E-state index in [0.29, 0.717) is 5.57 Å². The third-order valence-corrected chi connectivity index (χ3v) is 2.41. The fourth-order valence-corrected chi connectivity index (χ4v) is 1.24. The van der Waals surface area contributed by atoms with E-state index in [0.717, 1.165) is 5.69 Å². The molecule has 16 heavy (non-hydrogen) atoms. The van der Waals surface area contributed by atoms with Gasteiger partial charge in [0.1, 0.15) is 0 Å². The van der Waals surface area contributed by atoms with Crippen molar-refractivity contribution >= 4 is 17.4 Å². The summed E-state index contributed by atoms with van der Waals surface area (Å²) in [5, 5.41) is 2.73. The first kappa shape index (κ1) is 12.2. The van der Waals surface area contributed by atoms with Gasteiger partial charge in [0.25, 0.3) is 0 Å². The topological polar surface area (TPSA) is 46.2 Å². The normalized spacial score (nSPS) is 11.6. The van der Waals surface area contributed by atoms with Gasteiger partial charge < -0.3 is 5.32 Å². The maximum Gasteiger partial charge on any atom is 0.231 e. The predicted molar refractivity (Wildman–Crippen MR) is 64.1 cm³/mol. The van der Waals surface area contributed by atoms with Gasteiger partial charge in [-0.2, -0.15) is 0 Å². The highest BCUT2D eigenvalue weighted by molar-refractivity contribution is 6.03. The van der Waals surface area contributed by atoms with Crippen LogP contribution in [0.5, 0.6) is 0 Å². The lowest BCUT2D eigenvalue weighted by Crippen LogP contribution is -2.23. The third kappa shape index (κ3) is 3.05. The average molecular weight is 217 g/mol. The largest absolute Gasteiger partial charge is 0.326 e. The van der Waals surface area contributed by atoms with Gasteiger partial charge in [0.15, 0.2) is 5.78 Å². The summed E-state index contributed by atoms with van der Waals surface area (Å²) in [6.07, 6.45) is 0. The van der Waals surface area contributed by atoms with Gasteiger partial charge in [-0.25, -0.2) is 0 Å². The third-order valence-electron chi connectivity index (χ3n) is 2.41. The van der Waals surface area contributed by atoms with Gasteiger partial charge in [-0.3, -0.25) is 9.59 Å². The molecule has 1 rings (SSSR count). The number of para-hydroxylation sites is 1. The first-order valence-corrected chi connectivity index (χ1v) is 5.08. The zero-order valence-corrected chi connectivity index (χ0v) is 9.49. The molecule has 0 saturated carbocycles. The van der Waals surface area contributed by atoms with E-state index in [1.165, 1.54) is 6.92 Å². The molecular weight excluding hydrogens is 202 g/mol. The van der Waals surface area contributed by atoms with Crippen molar-refractivity contribution < 1.29 is 9.59 Å². The SMILES string of the molecule is C=C(C(C)=O)C(C)C(=O)Nc1ccccc1. The van der Waals surface area contributed by atoms with Crippen LogP contribution >= 0.6 is 0 Å². The number of amides is 1. The molecule has 1 amide bonds. The first-order valence-electron chi connectivity index (χ1n) is 5.08. The monoisotopic (exact) mass is 217 g/mol. The van der Waals surface area contributed by atoms with Crippen LogP contribution in [0.15, 0.2) is 42.5 Å². The molecule has 0 fully saturated rings. The van der Waals surface area contributed by atoms with Crippen molar-refractivity contribution in [2.75, 3.05) is 5.32 Å². The van der Waals surface area contributed by atoms with E-state index in [1.54, 1.807) is 19.1 Å². The van der Waals surface area contributed by atoms with E-state index >= 15 is 0 Å². The van der Waals surface area contributed by atoms with Crippen molar-refractivity contribution in [1.82, 2.24) is 0 Å². The Morgan fingerprint density at radius 3 is 2.31 bits per heavy atom. The number of anilines is 1. The van der Waals surface area contributed by atoms with E-state index in [2.05, 4.69) is 11.9 Å². The number of rotatable bonds is 4. The second-order valence-corrected chi connectivity index (χ2v) is 3.66. The van der Waals surface area contributed by atoms with Gasteiger partial charge in [0.2, 0.25) is 5.91 Å². The summed E-state index contributed by atoms with van der Waals surface area (Å²) < 4.78 is 0. The summed E-state index contributed by atoms with van der Waals surface area (Å²) in [6.45, 7) is 6.69. The summed E-state index contributed by atoms with van der Waals surface area (Å²) in [7, 11) is 0. The minimum atomic E-state index is -0.502. The van der Waals surface area contributed by atoms with Crippen LogP contribution in [-0.4, -0.2) is 11.7 Å². The van der Waals surface area contributed by atoms with Crippen molar-refractivity contribution in [3.05, 3.63) is 42.5 Å². The second-order valence-electron chi connectivity index (χ2n) is 3.66. The molecule has 1 aromatic rings. The maximum atomic E-state index is 11.7. The molecule has 3 nitrogen and oxygen atoms in total. The highest BCUT2D eigenvalue weighted by Gasteiger charge is 2.18. The minimum absolute atomic E-state index is 0.157. The Hall–Kier alpha value is -1.90. The predicted octanol–water partition coefficient (Wildman–Crippen LogP) is 2.41. The second kappa shape index (κ2) is 5.26. The van der Waals surface area contributed by atoms with E-state index < -0.39 is 5.92 Å². The van der Waals surface area contributed by atoms with Gasteiger partial charge in [-0.1, -0.05) is 24.8 Å². The molecule has 1 atom stereocenters. The lowest BCUT2D eigenvalue weighted by atomic mass is 9.99. The van der Waals surface area contributed by atoms with Crippen molar-refractivity contribution in [3.63, 3.8) is 0 Å². The molecular formula is C13H15NO2. The molecule has 0 heterocycles. The van der Waals surface area contributed by atoms with Gasteiger partial charge in [-0.15, -0.1) is 0 Å². The number of benzene rings is 1. The summed E-state index contributed by atoms with van der Waals surface area (Å²) in [6, 6.07) is 9.12. The Bertz CT molecular complexity index is 409. The number of nitrogens with one attached hydrogen (secondary N) is 1. The van der Waals surface area contributed by atoms with Crippen LogP contribution in [0.4, 0.5) is 5.69 Å². The number of ketones is 1. The summed E-state index contributed by atoms with van der Waals surface area (Å²) >= 11 is 0. The molecule has 0 bridgehead atoms. The lowest BCUT2D eigenvalue weighted by Gasteiger charge is -2.12. The number of hydrogen-bond donors (Lipinski definition) is 1. The Morgan fingerprint density at radius 1 is 1.25 bits per heavy atom. The van der Waals surface area contributed by atoms with Crippen molar-refractivity contribution in [3.8, 4) is 0 Å². The Kier molecular flexibility index (Phi) is 4.00. The Labute approximate surface area is 95.2 Å². The van der Waals surface area contributed by atoms with Gasteiger partial charge in [0, 0.05) is 5.69 Å². The van der Waals surface area contributed by atoms with Crippen LogP contribution in [-0.2, 0) is 9.59 Å². The van der Waals surface area contributed by atoms with E-state index in [4.69, 9.17) is 0 Å². The molecule has 0 spiro atoms. The van der Waals surface area contributed by atoms with Crippen LogP contribution in [0.1, 0.15) is 13.8 Å². The van der Waals surface area contributed by atoms with Crippen molar-refractivity contribution in [2.24, 2.45) is 5.92 Å². The van der Waals surface area contributed by atoms with E-state index in [9.17, 15) is 9.59 Å². The Morgan fingerprint density at radius 2 is 1.81 bits per heavy atom. The molecule has 0 aromatic heterocycles. The van der Waals surface area contributed by atoms with Crippen LogP contribution in [0, 0.1) is 5.92 Å². The minimum Gasteiger partial charge on any atom is -0.326 e.